The zero-order chi connectivity index (χ0) is 24.1. The highest BCUT2D eigenvalue weighted by molar-refractivity contribution is 6.34. The second-order valence-electron chi connectivity index (χ2n) is 7.63. The molecule has 0 spiro atoms. The molecule has 2 heterocycles. The Hall–Kier alpha value is -3.59. The number of carbonyl (C=O) groups is 1. The minimum Gasteiger partial charge on any atom is -0.396 e. The Morgan fingerprint density at radius 1 is 1.12 bits per heavy atom. The van der Waals surface area contributed by atoms with E-state index in [0.717, 1.165) is 5.56 Å². The van der Waals surface area contributed by atoms with Crippen LogP contribution in [-0.4, -0.2) is 44.0 Å². The molecule has 4 N–H and O–H groups in total. The third-order valence-corrected chi connectivity index (χ3v) is 5.69. The molecule has 0 fully saturated rings. The second-order valence-corrected chi connectivity index (χ2v) is 8.04. The first-order valence-electron chi connectivity index (χ1n) is 10.6. The molecule has 34 heavy (non-hydrogen) atoms. The average Bonchev–Trinajstić information content (AvgIpc) is 3.34. The number of carbonyl (C=O) groups excluding carboxylic acids is 1. The highest BCUT2D eigenvalue weighted by Crippen LogP contribution is 2.33. The van der Waals surface area contributed by atoms with Crippen LogP contribution in [0.15, 0.2) is 72.9 Å². The van der Waals surface area contributed by atoms with Crippen LogP contribution in [0.25, 0.3) is 22.5 Å². The van der Waals surface area contributed by atoms with E-state index in [1.165, 1.54) is 12.1 Å². The highest BCUT2D eigenvalue weighted by Gasteiger charge is 2.26. The molecular formula is C25H22ClFN4O3. The molecule has 0 saturated carbocycles. The summed E-state index contributed by atoms with van der Waals surface area (Å²) in [4.78, 5) is 17.4. The Kier molecular flexibility index (Phi) is 7.32. The van der Waals surface area contributed by atoms with Crippen LogP contribution in [0.3, 0.4) is 0 Å². The molecule has 4 rings (SSSR count). The van der Waals surface area contributed by atoms with E-state index < -0.39 is 18.1 Å². The molecule has 2 atom stereocenters. The van der Waals surface area contributed by atoms with Gasteiger partial charge in [0.25, 0.3) is 5.91 Å². The number of halogens is 2. The lowest BCUT2D eigenvalue weighted by Crippen LogP contribution is -2.40. The predicted molar refractivity (Wildman–Crippen MR) is 127 cm³/mol. The molecule has 1 unspecified atom stereocenters. The number of H-pyrrole nitrogens is 1. The fourth-order valence-electron chi connectivity index (χ4n) is 3.65. The number of nitrogens with one attached hydrogen (secondary N) is 2. The van der Waals surface area contributed by atoms with Crippen molar-refractivity contribution in [2.24, 2.45) is 0 Å². The van der Waals surface area contributed by atoms with Crippen LogP contribution >= 0.6 is 11.6 Å². The van der Waals surface area contributed by atoms with Crippen LogP contribution in [0.5, 0.6) is 0 Å². The molecule has 2 aromatic carbocycles. The summed E-state index contributed by atoms with van der Waals surface area (Å²) in [5.41, 5.74) is 2.81. The van der Waals surface area contributed by atoms with Gasteiger partial charge in [-0.15, -0.1) is 0 Å². The second kappa shape index (κ2) is 10.6. The number of amides is 1. The van der Waals surface area contributed by atoms with Crippen LogP contribution in [-0.2, 0) is 0 Å². The molecule has 174 valence electrons. The monoisotopic (exact) mass is 480 g/mol. The quantitative estimate of drug-likeness (QED) is 0.303. The first kappa shape index (κ1) is 23.6. The molecule has 0 bridgehead atoms. The summed E-state index contributed by atoms with van der Waals surface area (Å²) in [5.74, 6) is -0.837. The molecular weight excluding hydrogens is 459 g/mol. The minimum atomic E-state index is -1.12. The van der Waals surface area contributed by atoms with Crippen molar-refractivity contribution in [1.82, 2.24) is 20.5 Å². The Morgan fingerprint density at radius 2 is 1.91 bits per heavy atom. The van der Waals surface area contributed by atoms with Crippen molar-refractivity contribution in [2.75, 3.05) is 6.61 Å². The molecule has 0 radical (unpaired) electrons. The number of rotatable bonds is 8. The lowest BCUT2D eigenvalue weighted by molar-refractivity contribution is 0.0779. The van der Waals surface area contributed by atoms with Crippen molar-refractivity contribution < 1.29 is 19.4 Å². The molecule has 1 amide bonds. The summed E-state index contributed by atoms with van der Waals surface area (Å²) in [6.45, 7) is -0.238. The number of pyridine rings is 1. The number of aromatic amines is 1. The summed E-state index contributed by atoms with van der Waals surface area (Å²) in [7, 11) is 0. The maximum atomic E-state index is 13.3. The van der Waals surface area contributed by atoms with Crippen LogP contribution in [0.1, 0.15) is 28.6 Å². The smallest absolute Gasteiger partial charge is 0.252 e. The number of hydrogen-bond acceptors (Lipinski definition) is 5. The van der Waals surface area contributed by atoms with Crippen molar-refractivity contribution in [1.29, 1.82) is 0 Å². The summed E-state index contributed by atoms with van der Waals surface area (Å²) < 4.78 is 13.3. The Labute approximate surface area is 200 Å². The van der Waals surface area contributed by atoms with Gasteiger partial charge in [0.1, 0.15) is 11.9 Å². The average molecular weight is 481 g/mol. The molecule has 0 aliphatic rings. The van der Waals surface area contributed by atoms with E-state index in [9.17, 15) is 19.4 Å². The summed E-state index contributed by atoms with van der Waals surface area (Å²) >= 11 is 6.46. The van der Waals surface area contributed by atoms with Gasteiger partial charge in [-0.3, -0.25) is 14.9 Å². The standard InChI is InChI=1S/C25H22ClFN4O3/c26-18-5-3-4-17(23(18)22-14-21(30-31-22)15-7-9-16(27)10-8-15)25(34)29-20(11-13-32)24(33)19-6-1-2-12-28-19/h1-10,12,14,20,24,32-33H,11,13H2,(H,29,34)(H,30,31)/t20-,24?/m0/s1. The lowest BCUT2D eigenvalue weighted by atomic mass is 10.00. The van der Waals surface area contributed by atoms with Crippen molar-refractivity contribution in [2.45, 2.75) is 18.6 Å². The van der Waals surface area contributed by atoms with E-state index in [2.05, 4.69) is 20.5 Å². The van der Waals surface area contributed by atoms with E-state index in [4.69, 9.17) is 11.6 Å². The molecule has 4 aromatic rings. The third kappa shape index (κ3) is 5.14. The number of nitrogens with zero attached hydrogens (tertiary/aromatic N) is 2. The van der Waals surface area contributed by atoms with Gasteiger partial charge in [0.05, 0.1) is 33.7 Å². The third-order valence-electron chi connectivity index (χ3n) is 5.38. The molecule has 7 nitrogen and oxygen atoms in total. The first-order chi connectivity index (χ1) is 16.5. The SMILES string of the molecule is O=C(N[C@@H](CCO)C(O)c1ccccn1)c1cccc(Cl)c1-c1cc(-c2ccc(F)cc2)[nH]n1. The first-order valence-corrected chi connectivity index (χ1v) is 11.0. The Balaban J connectivity index is 1.63. The van der Waals surface area contributed by atoms with E-state index in [1.807, 2.05) is 0 Å². The Bertz CT molecular complexity index is 1260. The van der Waals surface area contributed by atoms with Crippen LogP contribution < -0.4 is 5.32 Å². The number of benzene rings is 2. The van der Waals surface area contributed by atoms with Crippen molar-refractivity contribution in [3.8, 4) is 22.5 Å². The molecule has 0 aliphatic carbocycles. The largest absolute Gasteiger partial charge is 0.396 e. The van der Waals surface area contributed by atoms with Crippen LogP contribution in [0, 0.1) is 5.82 Å². The van der Waals surface area contributed by atoms with E-state index in [1.54, 1.807) is 60.8 Å². The maximum Gasteiger partial charge on any atom is 0.252 e. The van der Waals surface area contributed by atoms with E-state index in [0.29, 0.717) is 27.7 Å². The summed E-state index contributed by atoms with van der Waals surface area (Å²) in [6, 6.07) is 16.9. The van der Waals surface area contributed by atoms with Gasteiger partial charge in [0, 0.05) is 18.4 Å². The molecule has 0 aliphatic heterocycles. The number of aromatic nitrogens is 3. The number of aliphatic hydroxyl groups is 2. The summed E-state index contributed by atoms with van der Waals surface area (Å²) in [6.07, 6.45) is 0.550. The van der Waals surface area contributed by atoms with Gasteiger partial charge in [-0.25, -0.2) is 4.39 Å². The van der Waals surface area contributed by atoms with E-state index in [-0.39, 0.29) is 24.4 Å². The topological polar surface area (TPSA) is 111 Å². The van der Waals surface area contributed by atoms with Crippen LogP contribution in [0.4, 0.5) is 4.39 Å². The van der Waals surface area contributed by atoms with Gasteiger partial charge in [-0.05, 0) is 66.6 Å². The normalized spacial score (nSPS) is 12.8. The molecule has 0 saturated heterocycles. The zero-order valence-electron chi connectivity index (χ0n) is 18.0. The van der Waals surface area contributed by atoms with Crippen molar-refractivity contribution in [3.05, 3.63) is 95.0 Å². The van der Waals surface area contributed by atoms with Gasteiger partial charge in [-0.2, -0.15) is 5.10 Å². The van der Waals surface area contributed by atoms with Crippen LogP contribution in [0.2, 0.25) is 5.02 Å². The number of aliphatic hydroxyl groups excluding tert-OH is 2. The maximum absolute atomic E-state index is 13.3. The van der Waals surface area contributed by atoms with Gasteiger partial charge < -0.3 is 15.5 Å². The molecule has 2 aromatic heterocycles. The zero-order valence-corrected chi connectivity index (χ0v) is 18.7. The summed E-state index contributed by atoms with van der Waals surface area (Å²) in [5, 5.41) is 30.5. The fourth-order valence-corrected chi connectivity index (χ4v) is 3.92. The van der Waals surface area contributed by atoms with Crippen molar-refractivity contribution in [3.63, 3.8) is 0 Å². The molecule has 9 heteroatoms. The predicted octanol–water partition coefficient (Wildman–Crippen LogP) is 4.15. The fraction of sp³-hybridized carbons (Fsp3) is 0.160. The highest BCUT2D eigenvalue weighted by atomic mass is 35.5. The van der Waals surface area contributed by atoms with Crippen molar-refractivity contribution >= 4 is 17.5 Å². The van der Waals surface area contributed by atoms with Gasteiger partial charge in [-0.1, -0.05) is 23.7 Å². The number of hydrogen-bond donors (Lipinski definition) is 4. The minimum absolute atomic E-state index is 0.122. The van der Waals surface area contributed by atoms with Gasteiger partial charge in [0.2, 0.25) is 0 Å². The van der Waals surface area contributed by atoms with Gasteiger partial charge >= 0.3 is 0 Å². The lowest BCUT2D eigenvalue weighted by Gasteiger charge is -2.24. The Morgan fingerprint density at radius 3 is 2.62 bits per heavy atom. The van der Waals surface area contributed by atoms with E-state index >= 15 is 0 Å². The van der Waals surface area contributed by atoms with Gasteiger partial charge in [0.15, 0.2) is 0 Å².